The van der Waals surface area contributed by atoms with Crippen molar-refractivity contribution in [3.8, 4) is 11.5 Å². The molecule has 0 aliphatic carbocycles. The molecule has 0 atom stereocenters. The van der Waals surface area contributed by atoms with Crippen LogP contribution in [0, 0.1) is 0 Å². The average molecular weight is 484 g/mol. The van der Waals surface area contributed by atoms with Crippen LogP contribution in [0.4, 0.5) is 11.4 Å². The highest BCUT2D eigenvalue weighted by Crippen LogP contribution is 2.29. The second-order valence-electron chi connectivity index (χ2n) is 7.55. The van der Waals surface area contributed by atoms with Crippen molar-refractivity contribution >= 4 is 29.2 Å². The summed E-state index contributed by atoms with van der Waals surface area (Å²) < 4.78 is 15.7. The summed E-state index contributed by atoms with van der Waals surface area (Å²) in [5.41, 5.74) is 2.42. The smallest absolute Gasteiger partial charge is 0.338 e. The first-order chi connectivity index (χ1) is 16.9. The van der Waals surface area contributed by atoms with E-state index in [-0.39, 0.29) is 25.5 Å². The van der Waals surface area contributed by atoms with E-state index in [4.69, 9.17) is 19.3 Å². The Labute approximate surface area is 203 Å². The van der Waals surface area contributed by atoms with E-state index < -0.39 is 17.8 Å². The number of hydrogen-bond acceptors (Lipinski definition) is 9. The lowest BCUT2D eigenvalue weighted by Crippen LogP contribution is -2.34. The van der Waals surface area contributed by atoms with Gasteiger partial charge in [-0.1, -0.05) is 6.07 Å². The predicted molar refractivity (Wildman–Crippen MR) is 130 cm³/mol. The minimum absolute atomic E-state index is 0.0485. The van der Waals surface area contributed by atoms with E-state index in [1.165, 1.54) is 6.08 Å². The van der Waals surface area contributed by atoms with Crippen LogP contribution in [0.3, 0.4) is 0 Å². The fourth-order valence-electron chi connectivity index (χ4n) is 3.58. The summed E-state index contributed by atoms with van der Waals surface area (Å²) in [6.07, 6.45) is 1.83. The first-order valence-electron chi connectivity index (χ1n) is 11.1. The number of imide groups is 1. The number of carbonyl (C=O) groups is 3. The van der Waals surface area contributed by atoms with Crippen LogP contribution in [0.15, 0.2) is 48.2 Å². The second kappa shape index (κ2) is 11.9. The Kier molecular flexibility index (Phi) is 8.69. The number of β-amino-alcohol motifs (C(OH)–C–C–N with tert-alkyl or cyclic N) is 1. The van der Waals surface area contributed by atoms with E-state index in [1.54, 1.807) is 39.3 Å². The molecule has 10 nitrogen and oxygen atoms in total. The van der Waals surface area contributed by atoms with Crippen molar-refractivity contribution in [3.05, 3.63) is 59.3 Å². The lowest BCUT2D eigenvalue weighted by atomic mass is 10.1. The van der Waals surface area contributed by atoms with Crippen LogP contribution in [-0.2, 0) is 20.7 Å². The number of aliphatic hydroxyl groups excluding tert-OH is 1. The Balaban J connectivity index is 1.79. The van der Waals surface area contributed by atoms with Gasteiger partial charge in [-0.25, -0.2) is 4.79 Å². The SMILES string of the molecule is CCOC(=O)c1ccc(NCCc2ccc(OC)c(OC)c2)c(NC2=CC(=O)N(CCO)C2=O)c1. The summed E-state index contributed by atoms with van der Waals surface area (Å²) in [6, 6.07) is 10.6. The monoisotopic (exact) mass is 483 g/mol. The number of nitrogens with one attached hydrogen (secondary N) is 2. The van der Waals surface area contributed by atoms with E-state index in [2.05, 4.69) is 10.6 Å². The molecule has 2 aromatic carbocycles. The first kappa shape index (κ1) is 25.6. The van der Waals surface area contributed by atoms with Crippen molar-refractivity contribution in [2.24, 2.45) is 0 Å². The number of rotatable bonds is 12. The molecule has 35 heavy (non-hydrogen) atoms. The maximum Gasteiger partial charge on any atom is 0.338 e. The van der Waals surface area contributed by atoms with Gasteiger partial charge in [-0.15, -0.1) is 0 Å². The fourth-order valence-corrected chi connectivity index (χ4v) is 3.58. The number of carbonyl (C=O) groups excluding carboxylic acids is 3. The van der Waals surface area contributed by atoms with Gasteiger partial charge in [0.05, 0.1) is 50.9 Å². The normalized spacial score (nSPS) is 12.9. The molecule has 186 valence electrons. The zero-order valence-electron chi connectivity index (χ0n) is 19.9. The highest BCUT2D eigenvalue weighted by molar-refractivity contribution is 6.17. The molecule has 0 unspecified atom stereocenters. The molecule has 0 spiro atoms. The van der Waals surface area contributed by atoms with Gasteiger partial charge in [-0.3, -0.25) is 14.5 Å². The maximum atomic E-state index is 12.6. The number of esters is 1. The van der Waals surface area contributed by atoms with E-state index in [9.17, 15) is 14.4 Å². The molecule has 0 radical (unpaired) electrons. The van der Waals surface area contributed by atoms with E-state index >= 15 is 0 Å². The van der Waals surface area contributed by atoms with Gasteiger partial charge in [0.1, 0.15) is 5.70 Å². The molecule has 10 heteroatoms. The number of anilines is 2. The standard InChI is InChI=1S/C25H29N3O7/c1-4-35-25(32)17-6-7-18(26-10-9-16-5-8-21(33-2)22(13-16)34-3)19(14-17)27-20-15-23(30)28(11-12-29)24(20)31/h5-8,13-15,26-27,29H,4,9-12H2,1-3H3. The van der Waals surface area contributed by atoms with Gasteiger partial charge in [0.15, 0.2) is 11.5 Å². The summed E-state index contributed by atoms with van der Waals surface area (Å²) in [4.78, 5) is 37.9. The van der Waals surface area contributed by atoms with E-state index in [0.29, 0.717) is 41.4 Å². The van der Waals surface area contributed by atoms with Crippen LogP contribution in [-0.4, -0.2) is 68.3 Å². The number of methoxy groups -OCH3 is 2. The highest BCUT2D eigenvalue weighted by Gasteiger charge is 2.31. The molecule has 3 rings (SSSR count). The van der Waals surface area contributed by atoms with Crippen LogP contribution < -0.4 is 20.1 Å². The lowest BCUT2D eigenvalue weighted by Gasteiger charge is -2.17. The quantitative estimate of drug-likeness (QED) is 0.308. The zero-order valence-corrected chi connectivity index (χ0v) is 19.9. The van der Waals surface area contributed by atoms with Crippen LogP contribution >= 0.6 is 0 Å². The van der Waals surface area contributed by atoms with Gasteiger partial charge in [-0.05, 0) is 49.2 Å². The average Bonchev–Trinajstić information content (AvgIpc) is 3.12. The molecule has 3 N–H and O–H groups in total. The zero-order chi connectivity index (χ0) is 25.4. The molecule has 2 aromatic rings. The van der Waals surface area contributed by atoms with Crippen LogP contribution in [0.5, 0.6) is 11.5 Å². The summed E-state index contributed by atoms with van der Waals surface area (Å²) in [5.74, 6) is -0.297. The van der Waals surface area contributed by atoms with Gasteiger partial charge in [0, 0.05) is 12.6 Å². The van der Waals surface area contributed by atoms with Crippen molar-refractivity contribution in [2.45, 2.75) is 13.3 Å². The molecule has 0 aromatic heterocycles. The second-order valence-corrected chi connectivity index (χ2v) is 7.55. The van der Waals surface area contributed by atoms with Crippen molar-refractivity contribution in [2.75, 3.05) is 51.2 Å². The molecular weight excluding hydrogens is 454 g/mol. The van der Waals surface area contributed by atoms with Crippen molar-refractivity contribution in [1.82, 2.24) is 4.90 Å². The third-order valence-electron chi connectivity index (χ3n) is 5.31. The third kappa shape index (κ3) is 6.10. The summed E-state index contributed by atoms with van der Waals surface area (Å²) in [5, 5.41) is 15.4. The largest absolute Gasteiger partial charge is 0.493 e. The van der Waals surface area contributed by atoms with Crippen LogP contribution in [0.1, 0.15) is 22.8 Å². The minimum atomic E-state index is -0.554. The van der Waals surface area contributed by atoms with Gasteiger partial charge in [-0.2, -0.15) is 0 Å². The molecule has 1 aliphatic rings. The predicted octanol–water partition coefficient (Wildman–Crippen LogP) is 2.19. The number of amides is 2. The van der Waals surface area contributed by atoms with Gasteiger partial charge in [0.2, 0.25) is 0 Å². The number of benzene rings is 2. The number of aliphatic hydroxyl groups is 1. The minimum Gasteiger partial charge on any atom is -0.493 e. The molecule has 0 bridgehead atoms. The van der Waals surface area contributed by atoms with Crippen molar-refractivity contribution in [1.29, 1.82) is 0 Å². The molecule has 2 amide bonds. The highest BCUT2D eigenvalue weighted by atomic mass is 16.5. The van der Waals surface area contributed by atoms with Gasteiger partial charge < -0.3 is 30.0 Å². The summed E-state index contributed by atoms with van der Waals surface area (Å²) in [6.45, 7) is 2.04. The van der Waals surface area contributed by atoms with Crippen LogP contribution in [0.2, 0.25) is 0 Å². The van der Waals surface area contributed by atoms with E-state index in [0.717, 1.165) is 10.5 Å². The van der Waals surface area contributed by atoms with Gasteiger partial charge >= 0.3 is 5.97 Å². The molecule has 1 heterocycles. The number of hydrogen-bond donors (Lipinski definition) is 3. The fraction of sp³-hybridized carbons (Fsp3) is 0.320. The Hall–Kier alpha value is -4.05. The summed E-state index contributed by atoms with van der Waals surface area (Å²) >= 11 is 0. The Morgan fingerprint density at radius 3 is 2.49 bits per heavy atom. The van der Waals surface area contributed by atoms with Crippen molar-refractivity contribution < 1.29 is 33.7 Å². The first-order valence-corrected chi connectivity index (χ1v) is 11.1. The Morgan fingerprint density at radius 1 is 1.03 bits per heavy atom. The van der Waals surface area contributed by atoms with Crippen LogP contribution in [0.25, 0.3) is 0 Å². The Bertz CT molecular complexity index is 1130. The third-order valence-corrected chi connectivity index (χ3v) is 5.31. The molecule has 0 saturated heterocycles. The summed E-state index contributed by atoms with van der Waals surface area (Å²) in [7, 11) is 3.16. The molecule has 1 aliphatic heterocycles. The Morgan fingerprint density at radius 2 is 1.80 bits per heavy atom. The molecule has 0 fully saturated rings. The van der Waals surface area contributed by atoms with E-state index in [1.807, 2.05) is 18.2 Å². The van der Waals surface area contributed by atoms with Crippen molar-refractivity contribution in [3.63, 3.8) is 0 Å². The lowest BCUT2D eigenvalue weighted by molar-refractivity contribution is -0.137. The number of nitrogens with zero attached hydrogens (tertiary/aromatic N) is 1. The maximum absolute atomic E-state index is 12.6. The van der Waals surface area contributed by atoms with Gasteiger partial charge in [0.25, 0.3) is 11.8 Å². The number of ether oxygens (including phenoxy) is 3. The molecule has 0 saturated carbocycles. The topological polar surface area (TPSA) is 126 Å². The molecular formula is C25H29N3O7.